The van der Waals surface area contributed by atoms with Crippen LogP contribution in [0.4, 0.5) is 0 Å². The van der Waals surface area contributed by atoms with Crippen molar-refractivity contribution in [2.24, 2.45) is 5.92 Å². The molecule has 94 valence electrons. The van der Waals surface area contributed by atoms with E-state index in [0.29, 0.717) is 0 Å². The van der Waals surface area contributed by atoms with Crippen LogP contribution in [0.3, 0.4) is 0 Å². The highest BCUT2D eigenvalue weighted by Gasteiger charge is 2.10. The molecule has 2 aromatic carbocycles. The standard InChI is InChI=1S/C18H22/c1-4-14(2)13-17-12-8-9-15(3)18(17)16-10-6-5-7-11-16/h5-12,14H,4,13H2,1-3H3. The lowest BCUT2D eigenvalue weighted by Crippen LogP contribution is -2.01. The highest BCUT2D eigenvalue weighted by atomic mass is 14.1. The van der Waals surface area contributed by atoms with Gasteiger partial charge in [0.1, 0.15) is 0 Å². The zero-order valence-corrected chi connectivity index (χ0v) is 11.6. The molecule has 0 saturated carbocycles. The van der Waals surface area contributed by atoms with E-state index in [1.54, 1.807) is 0 Å². The summed E-state index contributed by atoms with van der Waals surface area (Å²) in [5.41, 5.74) is 5.63. The van der Waals surface area contributed by atoms with Gasteiger partial charge >= 0.3 is 0 Å². The molecule has 0 fully saturated rings. The Labute approximate surface area is 111 Å². The molecule has 0 N–H and O–H groups in total. The van der Waals surface area contributed by atoms with Gasteiger partial charge in [0.05, 0.1) is 0 Å². The third kappa shape index (κ3) is 2.81. The van der Waals surface area contributed by atoms with Gasteiger partial charge in [-0.15, -0.1) is 0 Å². The van der Waals surface area contributed by atoms with Gasteiger partial charge in [0, 0.05) is 0 Å². The topological polar surface area (TPSA) is 0 Å². The average Bonchev–Trinajstić information content (AvgIpc) is 2.40. The Kier molecular flexibility index (Phi) is 4.19. The molecule has 0 heteroatoms. The fourth-order valence-electron chi connectivity index (χ4n) is 2.44. The third-order valence-corrected chi connectivity index (χ3v) is 3.69. The summed E-state index contributed by atoms with van der Waals surface area (Å²) in [4.78, 5) is 0. The van der Waals surface area contributed by atoms with Crippen molar-refractivity contribution in [3.63, 3.8) is 0 Å². The van der Waals surface area contributed by atoms with Gasteiger partial charge in [0.15, 0.2) is 0 Å². The Balaban J connectivity index is 2.45. The van der Waals surface area contributed by atoms with Crippen LogP contribution in [0.2, 0.25) is 0 Å². The number of rotatable bonds is 4. The molecular weight excluding hydrogens is 216 g/mol. The fourth-order valence-corrected chi connectivity index (χ4v) is 2.44. The zero-order valence-electron chi connectivity index (χ0n) is 11.6. The summed E-state index contributed by atoms with van der Waals surface area (Å²) in [7, 11) is 0. The molecule has 0 amide bonds. The van der Waals surface area contributed by atoms with Gasteiger partial charge in [-0.25, -0.2) is 0 Å². The molecule has 0 saturated heterocycles. The lowest BCUT2D eigenvalue weighted by molar-refractivity contribution is 0.561. The van der Waals surface area contributed by atoms with E-state index in [9.17, 15) is 0 Å². The van der Waals surface area contributed by atoms with Crippen molar-refractivity contribution < 1.29 is 0 Å². The summed E-state index contributed by atoms with van der Waals surface area (Å²) in [5.74, 6) is 0.745. The molecule has 0 aliphatic rings. The largest absolute Gasteiger partial charge is 0.0651 e. The minimum atomic E-state index is 0.745. The van der Waals surface area contributed by atoms with E-state index in [2.05, 4.69) is 69.3 Å². The molecule has 0 spiro atoms. The Morgan fingerprint density at radius 2 is 1.67 bits per heavy atom. The molecule has 2 rings (SSSR count). The lowest BCUT2D eigenvalue weighted by Gasteiger charge is -2.16. The monoisotopic (exact) mass is 238 g/mol. The first-order valence-corrected chi connectivity index (χ1v) is 6.86. The quantitative estimate of drug-likeness (QED) is 0.682. The van der Waals surface area contributed by atoms with Crippen molar-refractivity contribution >= 4 is 0 Å². The first-order chi connectivity index (χ1) is 8.72. The van der Waals surface area contributed by atoms with Crippen LogP contribution < -0.4 is 0 Å². The van der Waals surface area contributed by atoms with Crippen LogP contribution in [0, 0.1) is 12.8 Å². The van der Waals surface area contributed by atoms with Crippen molar-refractivity contribution in [1.82, 2.24) is 0 Å². The molecule has 0 aliphatic heterocycles. The molecule has 1 atom stereocenters. The maximum atomic E-state index is 2.33. The summed E-state index contributed by atoms with van der Waals surface area (Å²) in [6.45, 7) is 6.81. The molecule has 0 aliphatic carbocycles. The van der Waals surface area contributed by atoms with E-state index in [1.807, 2.05) is 0 Å². The van der Waals surface area contributed by atoms with Gasteiger partial charge in [0.25, 0.3) is 0 Å². The fraction of sp³-hybridized carbons (Fsp3) is 0.333. The normalized spacial score (nSPS) is 12.4. The van der Waals surface area contributed by atoms with Crippen LogP contribution >= 0.6 is 0 Å². The number of hydrogen-bond acceptors (Lipinski definition) is 0. The van der Waals surface area contributed by atoms with Crippen LogP contribution in [-0.4, -0.2) is 0 Å². The maximum Gasteiger partial charge on any atom is -0.0123 e. The predicted octanol–water partition coefficient (Wildman–Crippen LogP) is 5.25. The van der Waals surface area contributed by atoms with Gasteiger partial charge in [0.2, 0.25) is 0 Å². The van der Waals surface area contributed by atoms with Crippen LogP contribution in [0.5, 0.6) is 0 Å². The molecule has 2 aromatic rings. The van der Waals surface area contributed by atoms with Crippen molar-refractivity contribution in [2.75, 3.05) is 0 Å². The van der Waals surface area contributed by atoms with Gasteiger partial charge in [-0.05, 0) is 41.5 Å². The summed E-state index contributed by atoms with van der Waals surface area (Å²) in [6.07, 6.45) is 2.41. The second-order valence-electron chi connectivity index (χ2n) is 5.19. The van der Waals surface area contributed by atoms with E-state index in [4.69, 9.17) is 0 Å². The van der Waals surface area contributed by atoms with E-state index in [0.717, 1.165) is 5.92 Å². The van der Waals surface area contributed by atoms with Crippen LogP contribution in [0.1, 0.15) is 31.4 Å². The number of hydrogen-bond donors (Lipinski definition) is 0. The summed E-state index contributed by atoms with van der Waals surface area (Å²) in [5, 5.41) is 0. The van der Waals surface area contributed by atoms with Gasteiger partial charge < -0.3 is 0 Å². The van der Waals surface area contributed by atoms with E-state index < -0.39 is 0 Å². The second kappa shape index (κ2) is 5.86. The second-order valence-corrected chi connectivity index (χ2v) is 5.19. The van der Waals surface area contributed by atoms with Crippen molar-refractivity contribution in [3.8, 4) is 11.1 Å². The van der Waals surface area contributed by atoms with Crippen molar-refractivity contribution in [2.45, 2.75) is 33.6 Å². The Morgan fingerprint density at radius 1 is 0.944 bits per heavy atom. The first kappa shape index (κ1) is 12.9. The Morgan fingerprint density at radius 3 is 2.33 bits per heavy atom. The molecule has 18 heavy (non-hydrogen) atoms. The molecule has 0 nitrogen and oxygen atoms in total. The summed E-state index contributed by atoms with van der Waals surface area (Å²) in [6, 6.07) is 17.4. The van der Waals surface area contributed by atoms with E-state index in [-0.39, 0.29) is 0 Å². The SMILES string of the molecule is CCC(C)Cc1cccc(C)c1-c1ccccc1. The summed E-state index contributed by atoms with van der Waals surface area (Å²) >= 11 is 0. The zero-order chi connectivity index (χ0) is 13.0. The first-order valence-electron chi connectivity index (χ1n) is 6.86. The van der Waals surface area contributed by atoms with Gasteiger partial charge in [-0.1, -0.05) is 68.8 Å². The van der Waals surface area contributed by atoms with E-state index in [1.165, 1.54) is 35.1 Å². The highest BCUT2D eigenvalue weighted by molar-refractivity contribution is 5.70. The molecule has 0 radical (unpaired) electrons. The minimum Gasteiger partial charge on any atom is -0.0651 e. The Hall–Kier alpha value is -1.56. The number of aryl methyl sites for hydroxylation is 1. The molecular formula is C18H22. The van der Waals surface area contributed by atoms with Crippen molar-refractivity contribution in [3.05, 3.63) is 59.7 Å². The van der Waals surface area contributed by atoms with Crippen LogP contribution in [0.15, 0.2) is 48.5 Å². The summed E-state index contributed by atoms with van der Waals surface area (Å²) < 4.78 is 0. The predicted molar refractivity (Wildman–Crippen MR) is 79.8 cm³/mol. The average molecular weight is 238 g/mol. The van der Waals surface area contributed by atoms with Crippen LogP contribution in [0.25, 0.3) is 11.1 Å². The highest BCUT2D eigenvalue weighted by Crippen LogP contribution is 2.29. The smallest absolute Gasteiger partial charge is 0.0123 e. The Bertz CT molecular complexity index is 497. The van der Waals surface area contributed by atoms with Gasteiger partial charge in [-0.3, -0.25) is 0 Å². The lowest BCUT2D eigenvalue weighted by atomic mass is 9.89. The molecule has 0 aromatic heterocycles. The molecule has 0 bridgehead atoms. The third-order valence-electron chi connectivity index (χ3n) is 3.69. The van der Waals surface area contributed by atoms with Crippen LogP contribution in [-0.2, 0) is 6.42 Å². The number of benzene rings is 2. The van der Waals surface area contributed by atoms with E-state index >= 15 is 0 Å². The maximum absolute atomic E-state index is 2.33. The molecule has 1 unspecified atom stereocenters. The minimum absolute atomic E-state index is 0.745. The molecule has 0 heterocycles. The van der Waals surface area contributed by atoms with Gasteiger partial charge in [-0.2, -0.15) is 0 Å². The van der Waals surface area contributed by atoms with Crippen molar-refractivity contribution in [1.29, 1.82) is 0 Å².